The quantitative estimate of drug-likeness (QED) is 0.660. The Morgan fingerprint density at radius 2 is 1.75 bits per heavy atom. The van der Waals surface area contributed by atoms with Crippen LogP contribution in [-0.4, -0.2) is 12.0 Å². The van der Waals surface area contributed by atoms with Crippen molar-refractivity contribution in [3.63, 3.8) is 0 Å². The van der Waals surface area contributed by atoms with Gasteiger partial charge in [0.1, 0.15) is 0 Å². The summed E-state index contributed by atoms with van der Waals surface area (Å²) in [5.74, 6) is -2.13. The zero-order valence-electron chi connectivity index (χ0n) is 9.44. The Bertz CT molecular complexity index is 535. The van der Waals surface area contributed by atoms with Gasteiger partial charge in [0.2, 0.25) is 0 Å². The summed E-state index contributed by atoms with van der Waals surface area (Å²) in [6, 6.07) is 2.68. The molecule has 0 aliphatic rings. The Hall–Kier alpha value is -1.70. The molecular weight excluding hydrogens is 312 g/mol. The number of rotatable bonds is 3. The number of ketones is 1. The molecule has 0 unspecified atom stereocenters. The topological polar surface area (TPSA) is 29.1 Å². The summed E-state index contributed by atoms with van der Waals surface area (Å²) < 4.78 is 73.1. The van der Waals surface area contributed by atoms with Crippen LogP contribution < -0.4 is 5.32 Å². The van der Waals surface area contributed by atoms with Gasteiger partial charge in [-0.15, -0.1) is 0 Å². The predicted molar refractivity (Wildman–Crippen MR) is 60.3 cm³/mol. The third kappa shape index (κ3) is 4.44. The molecule has 20 heavy (non-hydrogen) atoms. The van der Waals surface area contributed by atoms with Gasteiger partial charge in [-0.25, -0.2) is 0 Å². The second kappa shape index (κ2) is 5.74. The molecule has 0 aliphatic carbocycles. The van der Waals surface area contributed by atoms with Gasteiger partial charge in [-0.3, -0.25) is 4.79 Å². The van der Waals surface area contributed by atoms with E-state index in [-0.39, 0.29) is 11.8 Å². The fraction of sp³-hybridized carbons (Fsp3) is 0.182. The maximum absolute atomic E-state index is 12.5. The molecule has 0 saturated heterocycles. The van der Waals surface area contributed by atoms with Crippen molar-refractivity contribution in [3.05, 3.63) is 41.1 Å². The molecule has 2 nitrogen and oxygen atoms in total. The lowest BCUT2D eigenvalue weighted by Crippen LogP contribution is -2.20. The highest BCUT2D eigenvalue weighted by atomic mass is 35.5. The van der Waals surface area contributed by atoms with Gasteiger partial charge < -0.3 is 5.32 Å². The third-order valence-electron chi connectivity index (χ3n) is 2.04. The minimum Gasteiger partial charge on any atom is -0.362 e. The minimum atomic E-state index is -5.03. The molecule has 0 saturated carbocycles. The number of benzene rings is 1. The lowest BCUT2D eigenvalue weighted by atomic mass is 10.2. The number of carbonyl (C=O) groups excluding carboxylic acids is 1. The van der Waals surface area contributed by atoms with Crippen LogP contribution in [-0.2, 0) is 11.0 Å². The molecule has 0 atom stereocenters. The molecule has 0 bridgehead atoms. The third-order valence-corrected chi connectivity index (χ3v) is 2.37. The minimum absolute atomic E-state index is 0.159. The van der Waals surface area contributed by atoms with Crippen molar-refractivity contribution in [1.29, 1.82) is 0 Å². The van der Waals surface area contributed by atoms with Crippen LogP contribution in [0, 0.1) is 0 Å². The van der Waals surface area contributed by atoms with Gasteiger partial charge in [0.25, 0.3) is 5.78 Å². The highest BCUT2D eigenvalue weighted by Crippen LogP contribution is 2.36. The number of allylic oxidation sites excluding steroid dienone is 1. The van der Waals surface area contributed by atoms with Crippen LogP contribution in [0.25, 0.3) is 0 Å². The van der Waals surface area contributed by atoms with Crippen molar-refractivity contribution >= 4 is 23.1 Å². The number of halogens is 7. The highest BCUT2D eigenvalue weighted by molar-refractivity contribution is 6.31. The molecule has 0 aliphatic heterocycles. The van der Waals surface area contributed by atoms with Crippen LogP contribution in [0.15, 0.2) is 30.5 Å². The van der Waals surface area contributed by atoms with E-state index in [2.05, 4.69) is 5.32 Å². The normalized spacial score (nSPS) is 12.8. The van der Waals surface area contributed by atoms with Gasteiger partial charge in [-0.1, -0.05) is 11.6 Å². The Labute approximate surface area is 114 Å². The molecule has 0 heterocycles. The molecule has 110 valence electrons. The Morgan fingerprint density at radius 1 is 1.15 bits per heavy atom. The van der Waals surface area contributed by atoms with E-state index in [0.717, 1.165) is 12.1 Å². The molecular formula is C11H6ClF6NO. The largest absolute Gasteiger partial charge is 0.454 e. The first-order chi connectivity index (χ1) is 9.01. The van der Waals surface area contributed by atoms with E-state index in [1.807, 2.05) is 0 Å². The first-order valence-corrected chi connectivity index (χ1v) is 5.30. The average Bonchev–Trinajstić information content (AvgIpc) is 2.28. The zero-order valence-corrected chi connectivity index (χ0v) is 10.2. The van der Waals surface area contributed by atoms with Crippen LogP contribution in [0.3, 0.4) is 0 Å². The summed E-state index contributed by atoms with van der Waals surface area (Å²) in [5.41, 5.74) is -1.30. The fourth-order valence-electron chi connectivity index (χ4n) is 1.14. The molecule has 0 amide bonds. The van der Waals surface area contributed by atoms with Crippen molar-refractivity contribution in [2.24, 2.45) is 0 Å². The molecule has 0 fully saturated rings. The van der Waals surface area contributed by atoms with Gasteiger partial charge in [0, 0.05) is 18.0 Å². The van der Waals surface area contributed by atoms with Crippen molar-refractivity contribution in [3.8, 4) is 0 Å². The first-order valence-electron chi connectivity index (χ1n) is 4.93. The van der Waals surface area contributed by atoms with E-state index in [1.165, 1.54) is 0 Å². The molecule has 1 N–H and O–H groups in total. The number of alkyl halides is 6. The Balaban J connectivity index is 2.86. The van der Waals surface area contributed by atoms with Crippen LogP contribution in [0.1, 0.15) is 5.56 Å². The second-order valence-electron chi connectivity index (χ2n) is 3.53. The van der Waals surface area contributed by atoms with Crippen LogP contribution >= 0.6 is 11.6 Å². The van der Waals surface area contributed by atoms with Crippen molar-refractivity contribution in [1.82, 2.24) is 0 Å². The van der Waals surface area contributed by atoms with Gasteiger partial charge in [-0.05, 0) is 18.2 Å². The summed E-state index contributed by atoms with van der Waals surface area (Å²) >= 11 is 5.36. The smallest absolute Gasteiger partial charge is 0.362 e. The summed E-state index contributed by atoms with van der Waals surface area (Å²) in [6.07, 6.45) is -8.96. The van der Waals surface area contributed by atoms with Gasteiger partial charge >= 0.3 is 12.4 Å². The SMILES string of the molecule is O=C(/C=C/Nc1ccc(Cl)c(C(F)(F)F)c1)C(F)(F)F. The van der Waals surface area contributed by atoms with Crippen LogP contribution in [0.4, 0.5) is 32.0 Å². The lowest BCUT2D eigenvalue weighted by Gasteiger charge is -2.10. The molecule has 1 aromatic carbocycles. The number of nitrogens with one attached hydrogen (secondary N) is 1. The summed E-state index contributed by atoms with van der Waals surface area (Å²) in [4.78, 5) is 10.5. The lowest BCUT2D eigenvalue weighted by molar-refractivity contribution is -0.165. The van der Waals surface area contributed by atoms with Gasteiger partial charge in [0.15, 0.2) is 0 Å². The fourth-order valence-corrected chi connectivity index (χ4v) is 1.37. The maximum atomic E-state index is 12.5. The Morgan fingerprint density at radius 3 is 2.25 bits per heavy atom. The van der Waals surface area contributed by atoms with E-state index in [4.69, 9.17) is 11.6 Å². The highest BCUT2D eigenvalue weighted by Gasteiger charge is 2.36. The van der Waals surface area contributed by atoms with Crippen molar-refractivity contribution in [2.45, 2.75) is 12.4 Å². The summed E-state index contributed by atoms with van der Waals surface area (Å²) in [7, 11) is 0. The molecule has 1 aromatic rings. The van der Waals surface area contributed by atoms with E-state index >= 15 is 0 Å². The summed E-state index contributed by atoms with van der Waals surface area (Å²) in [6.45, 7) is 0. The van der Waals surface area contributed by atoms with Crippen LogP contribution in [0.2, 0.25) is 5.02 Å². The summed E-state index contributed by atoms with van der Waals surface area (Å²) in [5, 5.41) is 1.58. The maximum Gasteiger partial charge on any atom is 0.454 e. The van der Waals surface area contributed by atoms with E-state index in [0.29, 0.717) is 12.3 Å². The number of anilines is 1. The van der Waals surface area contributed by atoms with Gasteiger partial charge in [0.05, 0.1) is 10.6 Å². The van der Waals surface area contributed by atoms with Crippen molar-refractivity contribution < 1.29 is 31.1 Å². The number of carbonyl (C=O) groups is 1. The molecule has 0 spiro atoms. The predicted octanol–water partition coefficient (Wildman–Crippen LogP) is 4.42. The monoisotopic (exact) mass is 317 g/mol. The average molecular weight is 318 g/mol. The van der Waals surface area contributed by atoms with E-state index in [9.17, 15) is 31.1 Å². The van der Waals surface area contributed by atoms with Gasteiger partial charge in [-0.2, -0.15) is 26.3 Å². The Kier molecular flexibility index (Phi) is 4.69. The van der Waals surface area contributed by atoms with Crippen molar-refractivity contribution in [2.75, 3.05) is 5.32 Å². The van der Waals surface area contributed by atoms with Crippen LogP contribution in [0.5, 0.6) is 0 Å². The number of hydrogen-bond acceptors (Lipinski definition) is 2. The molecule has 0 aromatic heterocycles. The molecule has 9 heteroatoms. The van der Waals surface area contributed by atoms with E-state index < -0.39 is 28.7 Å². The molecule has 1 rings (SSSR count). The first kappa shape index (κ1) is 16.4. The standard InChI is InChI=1S/C11H6ClF6NO/c12-8-2-1-6(5-7(8)10(13,14)15)19-4-3-9(20)11(16,17)18/h1-5,19H/b4-3+. The van der Waals surface area contributed by atoms with E-state index in [1.54, 1.807) is 0 Å². The molecule has 0 radical (unpaired) electrons. The number of hydrogen-bond donors (Lipinski definition) is 1. The zero-order chi connectivity index (χ0) is 15.6. The second-order valence-corrected chi connectivity index (χ2v) is 3.94.